The Morgan fingerprint density at radius 3 is 1.86 bits per heavy atom. The third-order valence-electron chi connectivity index (χ3n) is 7.41. The van der Waals surface area contributed by atoms with E-state index in [2.05, 4.69) is 34.1 Å². The Balaban J connectivity index is 1.80. The average molecular weight is 882 g/mol. The van der Waals surface area contributed by atoms with Gasteiger partial charge < -0.3 is 15.2 Å². The number of nitrogens with one attached hydrogen (secondary N) is 1. The zero-order chi connectivity index (χ0) is 41.9. The summed E-state index contributed by atoms with van der Waals surface area (Å²) in [5.41, 5.74) is -0.714. The third kappa shape index (κ3) is 11.0. The fraction of sp³-hybridized carbons (Fsp3) is 0.241. The lowest BCUT2D eigenvalue weighted by Crippen LogP contribution is -2.16. The van der Waals surface area contributed by atoms with E-state index in [4.69, 9.17) is 13.8 Å². The number of hydrogen-bond donors (Lipinski definition) is 5. The topological polar surface area (TPSA) is 341 Å². The molecule has 0 aromatic heterocycles. The number of fused-ring (bicyclic) bond motifs is 1. The molecule has 0 saturated carbocycles. The Hall–Kier alpha value is -4.71. The molecule has 0 saturated heterocycles. The van der Waals surface area contributed by atoms with Crippen molar-refractivity contribution in [1.82, 2.24) is 0 Å². The van der Waals surface area contributed by atoms with Gasteiger partial charge in [-0.05, 0) is 55.0 Å². The van der Waals surface area contributed by atoms with Crippen molar-refractivity contribution in [1.29, 1.82) is 0 Å². The highest BCUT2D eigenvalue weighted by Crippen LogP contribution is 2.47. The normalized spacial score (nSPS) is 13.2. The van der Waals surface area contributed by atoms with Crippen LogP contribution in [0.2, 0.25) is 0 Å². The van der Waals surface area contributed by atoms with Crippen molar-refractivity contribution in [2.75, 3.05) is 44.2 Å². The average Bonchev–Trinajstić information content (AvgIpc) is 3.08. The van der Waals surface area contributed by atoms with E-state index in [1.54, 1.807) is 0 Å². The lowest BCUT2D eigenvalue weighted by molar-refractivity contribution is 0.282. The van der Waals surface area contributed by atoms with Crippen LogP contribution < -0.4 is 10.1 Å². The minimum atomic E-state index is -5.14. The van der Waals surface area contributed by atoms with Crippen LogP contribution in [-0.2, 0) is 59.0 Å². The number of benzene rings is 4. The van der Waals surface area contributed by atoms with E-state index >= 15 is 0 Å². The second-order valence-corrected chi connectivity index (χ2v) is 18.9. The quantitative estimate of drug-likeness (QED) is 0.0733. The minimum Gasteiger partial charge on any atom is -0.506 e. The Bertz CT molecular complexity index is 2810. The van der Waals surface area contributed by atoms with Gasteiger partial charge in [0.1, 0.15) is 27.7 Å². The number of aryl methyl sites for hydroxylation is 1. The van der Waals surface area contributed by atoms with E-state index in [0.29, 0.717) is 0 Å². The highest BCUT2D eigenvalue weighted by molar-refractivity contribution is 7.91. The molecule has 4 rings (SSSR count). The molecule has 5 N–H and O–H groups in total. The fourth-order valence-electron chi connectivity index (χ4n) is 4.95. The molecule has 0 aliphatic heterocycles. The van der Waals surface area contributed by atoms with Crippen LogP contribution in [0.15, 0.2) is 89.7 Å². The number of nitrogens with zero attached hydrogens (tertiary/aromatic N) is 4. The summed E-state index contributed by atoms with van der Waals surface area (Å²) in [5, 5.41) is 29.7. The number of anilines is 1. The number of rotatable bonds is 17. The summed E-state index contributed by atoms with van der Waals surface area (Å²) in [7, 11) is -20.7. The van der Waals surface area contributed by atoms with E-state index < -0.39 is 96.5 Å². The first-order chi connectivity index (χ1) is 25.9. The summed E-state index contributed by atoms with van der Waals surface area (Å²) < 4.78 is 161. The van der Waals surface area contributed by atoms with E-state index in [-0.39, 0.29) is 49.7 Å². The van der Waals surface area contributed by atoms with Gasteiger partial charge in [-0.3, -0.25) is 13.7 Å². The van der Waals surface area contributed by atoms with Crippen molar-refractivity contribution in [3.8, 4) is 11.5 Å². The molecule has 0 bridgehead atoms. The molecule has 0 atom stereocenters. The van der Waals surface area contributed by atoms with Gasteiger partial charge in [0, 0.05) is 23.9 Å². The van der Waals surface area contributed by atoms with Crippen LogP contribution in [0, 0.1) is 6.92 Å². The number of aromatic hydroxyl groups is 1. The SMILES string of the molecule is CNc1ccc2c(OC)c(/N=N/c3cc(C)c(S(=O)(=O)CCOS(=O)(=O)O)cc3O)c(S(=O)(=O)O)cc2c1/N=N/c1cccc(S(=O)(=O)CCOS(=O)(=O)O)c1. The third-order valence-corrected chi connectivity index (χ3v) is 12.7. The van der Waals surface area contributed by atoms with Crippen molar-refractivity contribution in [2.45, 2.75) is 21.6 Å². The zero-order valence-corrected chi connectivity index (χ0v) is 33.0. The second kappa shape index (κ2) is 16.8. The van der Waals surface area contributed by atoms with Crippen molar-refractivity contribution in [3.63, 3.8) is 0 Å². The lowest BCUT2D eigenvalue weighted by Gasteiger charge is -2.15. The Kier molecular flexibility index (Phi) is 13.2. The maximum absolute atomic E-state index is 12.8. The highest BCUT2D eigenvalue weighted by Gasteiger charge is 2.26. The summed E-state index contributed by atoms with van der Waals surface area (Å²) in [6, 6.07) is 10.8. The molecule has 0 heterocycles. The smallest absolute Gasteiger partial charge is 0.397 e. The Labute approximate surface area is 320 Å². The second-order valence-electron chi connectivity index (χ2n) is 11.2. The van der Waals surface area contributed by atoms with Crippen LogP contribution in [0.1, 0.15) is 5.56 Å². The van der Waals surface area contributed by atoms with Gasteiger partial charge in [-0.1, -0.05) is 6.07 Å². The van der Waals surface area contributed by atoms with E-state index in [1.165, 1.54) is 44.3 Å². The number of phenols is 1. The van der Waals surface area contributed by atoms with Gasteiger partial charge in [-0.2, -0.15) is 30.4 Å². The van der Waals surface area contributed by atoms with Gasteiger partial charge in [0.2, 0.25) is 0 Å². The number of ether oxygens (including phenoxy) is 1. The largest absolute Gasteiger partial charge is 0.506 e. The van der Waals surface area contributed by atoms with E-state index in [1.807, 2.05) is 0 Å². The van der Waals surface area contributed by atoms with Crippen LogP contribution in [0.3, 0.4) is 0 Å². The molecule has 0 amide bonds. The first-order valence-electron chi connectivity index (χ1n) is 15.2. The number of azo groups is 2. The standard InChI is InChI=1S/C29H31N5O17S5/c1-17-13-23(24(35)16-25(17)53(38,39)12-10-51-56(46,47)48)32-34-28-26(54(40,41)42)15-21-20(29(28)49-3)7-8-22(30-2)27(21)33-31-18-5-4-6-19(14-18)52(36,37)11-9-50-55(43,44)45/h4-8,13-16,30,35H,9-12H2,1-3H3,(H,40,41,42)(H,43,44,45)(H,46,47,48)/b33-31+,34-32+. The van der Waals surface area contributed by atoms with Crippen LogP contribution in [-0.4, -0.2) is 99.7 Å². The minimum absolute atomic E-state index is 0.00649. The molecular formula is C29H31N5O17S5. The molecule has 22 nitrogen and oxygen atoms in total. The lowest BCUT2D eigenvalue weighted by atomic mass is 10.0. The van der Waals surface area contributed by atoms with Gasteiger partial charge in [0.25, 0.3) is 10.1 Å². The molecule has 0 unspecified atom stereocenters. The van der Waals surface area contributed by atoms with Crippen LogP contribution in [0.5, 0.6) is 11.5 Å². The van der Waals surface area contributed by atoms with E-state index in [9.17, 15) is 51.7 Å². The van der Waals surface area contributed by atoms with Crippen LogP contribution in [0.25, 0.3) is 10.8 Å². The van der Waals surface area contributed by atoms with Gasteiger partial charge in [-0.25, -0.2) is 25.2 Å². The van der Waals surface area contributed by atoms with E-state index in [0.717, 1.165) is 31.4 Å². The number of hydrogen-bond acceptors (Lipinski definition) is 19. The summed E-state index contributed by atoms with van der Waals surface area (Å²) in [6.07, 6.45) is 0. The molecule has 0 radical (unpaired) electrons. The highest BCUT2D eigenvalue weighted by atomic mass is 32.3. The van der Waals surface area contributed by atoms with Crippen molar-refractivity contribution in [2.24, 2.45) is 20.5 Å². The maximum atomic E-state index is 12.8. The molecule has 0 aliphatic carbocycles. The molecule has 304 valence electrons. The molecule has 0 spiro atoms. The molecule has 0 fully saturated rings. The molecule has 27 heteroatoms. The van der Waals surface area contributed by atoms with Crippen molar-refractivity contribution in [3.05, 3.63) is 60.2 Å². The van der Waals surface area contributed by atoms with Gasteiger partial charge in [0.15, 0.2) is 25.4 Å². The Morgan fingerprint density at radius 2 is 1.29 bits per heavy atom. The summed E-state index contributed by atoms with van der Waals surface area (Å²) in [5.74, 6) is -2.75. The number of sulfone groups is 2. The maximum Gasteiger partial charge on any atom is 0.397 e. The molecule has 56 heavy (non-hydrogen) atoms. The van der Waals surface area contributed by atoms with Crippen molar-refractivity contribution >= 4 is 89.8 Å². The predicted octanol–water partition coefficient (Wildman–Crippen LogP) is 4.17. The molecule has 0 aliphatic rings. The summed E-state index contributed by atoms with van der Waals surface area (Å²) in [6.45, 7) is -0.492. The first-order valence-corrected chi connectivity index (χ1v) is 22.6. The molecular weight excluding hydrogens is 851 g/mol. The van der Waals surface area contributed by atoms with Gasteiger partial charge in [0.05, 0.1) is 53.0 Å². The zero-order valence-electron chi connectivity index (χ0n) is 29.0. The molecule has 4 aromatic carbocycles. The Morgan fingerprint density at radius 1 is 0.679 bits per heavy atom. The van der Waals surface area contributed by atoms with Crippen LogP contribution >= 0.6 is 0 Å². The van der Waals surface area contributed by atoms with Gasteiger partial charge in [-0.15, -0.1) is 15.3 Å². The van der Waals surface area contributed by atoms with Crippen LogP contribution in [0.4, 0.5) is 28.4 Å². The predicted molar refractivity (Wildman–Crippen MR) is 197 cm³/mol. The monoisotopic (exact) mass is 881 g/mol. The molecule has 4 aromatic rings. The summed E-state index contributed by atoms with van der Waals surface area (Å²) >= 11 is 0. The van der Waals surface area contributed by atoms with Gasteiger partial charge >= 0.3 is 20.8 Å². The first kappa shape index (κ1) is 44.0. The number of methoxy groups -OCH3 is 1. The van der Waals surface area contributed by atoms with Crippen molar-refractivity contribution < 1.29 is 74.0 Å². The fourth-order valence-corrected chi connectivity index (χ4v) is 8.88. The number of phenolic OH excluding ortho intramolecular Hbond substituents is 1. The summed E-state index contributed by atoms with van der Waals surface area (Å²) in [4.78, 5) is -1.60.